The highest BCUT2D eigenvalue weighted by Crippen LogP contribution is 2.18. The van der Waals surface area contributed by atoms with Crippen LogP contribution in [0.3, 0.4) is 0 Å². The molecule has 1 rings (SSSR count). The molecule has 0 fully saturated rings. The number of hydrogen-bond acceptors (Lipinski definition) is 5. The maximum absolute atomic E-state index is 11.3. The second-order valence-corrected chi connectivity index (χ2v) is 3.09. The Labute approximate surface area is 92.2 Å². The van der Waals surface area contributed by atoms with Gasteiger partial charge in [0.2, 0.25) is 0 Å². The maximum atomic E-state index is 11.3. The van der Waals surface area contributed by atoms with Crippen molar-refractivity contribution in [2.24, 2.45) is 5.73 Å². The summed E-state index contributed by atoms with van der Waals surface area (Å²) in [6, 6.07) is 4.20. The first-order valence-electron chi connectivity index (χ1n) is 4.59. The Balaban J connectivity index is 3.11. The highest BCUT2D eigenvalue weighted by atomic mass is 16.5. The summed E-state index contributed by atoms with van der Waals surface area (Å²) in [4.78, 5) is 32.7. The average Bonchev–Trinajstić information content (AvgIpc) is 2.27. The van der Waals surface area contributed by atoms with Crippen LogP contribution >= 0.6 is 0 Å². The van der Waals surface area contributed by atoms with E-state index in [1.54, 1.807) is 0 Å². The minimum atomic E-state index is -0.527. The molecular formula is C11H11NO4. The Morgan fingerprint density at radius 3 is 2.62 bits per heavy atom. The van der Waals surface area contributed by atoms with Crippen molar-refractivity contribution in [3.63, 3.8) is 0 Å². The SMILES string of the molecule is CC(=O)Oc1ccc(C(=O)CN)cc1C=O. The highest BCUT2D eigenvalue weighted by molar-refractivity contribution is 5.99. The van der Waals surface area contributed by atoms with Crippen LogP contribution in [0.1, 0.15) is 27.6 Å². The quantitative estimate of drug-likeness (QED) is 0.347. The number of esters is 1. The van der Waals surface area contributed by atoms with Gasteiger partial charge in [0.05, 0.1) is 12.1 Å². The van der Waals surface area contributed by atoms with Crippen LogP contribution in [0.5, 0.6) is 5.75 Å². The summed E-state index contributed by atoms with van der Waals surface area (Å²) in [6.07, 6.45) is 0.519. The first-order valence-corrected chi connectivity index (χ1v) is 4.59. The van der Waals surface area contributed by atoms with Crippen molar-refractivity contribution in [1.29, 1.82) is 0 Å². The number of carbonyl (C=O) groups excluding carboxylic acids is 3. The van der Waals surface area contributed by atoms with Gasteiger partial charge in [-0.15, -0.1) is 0 Å². The van der Waals surface area contributed by atoms with Gasteiger partial charge in [0.1, 0.15) is 5.75 Å². The van der Waals surface area contributed by atoms with Crippen LogP contribution in [-0.2, 0) is 4.79 Å². The van der Waals surface area contributed by atoms with Gasteiger partial charge in [0.25, 0.3) is 0 Å². The number of nitrogens with two attached hydrogens (primary N) is 1. The summed E-state index contributed by atoms with van der Waals surface area (Å²) in [6.45, 7) is 1.10. The van der Waals surface area contributed by atoms with Gasteiger partial charge in [0.15, 0.2) is 12.1 Å². The lowest BCUT2D eigenvalue weighted by Crippen LogP contribution is -2.14. The number of rotatable bonds is 4. The van der Waals surface area contributed by atoms with Crippen molar-refractivity contribution in [3.8, 4) is 5.75 Å². The zero-order valence-corrected chi connectivity index (χ0v) is 8.73. The molecule has 5 nitrogen and oxygen atoms in total. The zero-order chi connectivity index (χ0) is 12.1. The molecule has 0 spiro atoms. The fourth-order valence-corrected chi connectivity index (χ4v) is 1.18. The molecule has 0 saturated carbocycles. The summed E-state index contributed by atoms with van der Waals surface area (Å²) in [5.74, 6) is -0.672. The van der Waals surface area contributed by atoms with Gasteiger partial charge >= 0.3 is 5.97 Å². The summed E-state index contributed by atoms with van der Waals surface area (Å²) in [7, 11) is 0. The van der Waals surface area contributed by atoms with E-state index < -0.39 is 5.97 Å². The predicted octanol–water partition coefficient (Wildman–Crippen LogP) is 0.566. The highest BCUT2D eigenvalue weighted by Gasteiger charge is 2.10. The van der Waals surface area contributed by atoms with E-state index in [0.29, 0.717) is 11.8 Å². The van der Waals surface area contributed by atoms with Gasteiger partial charge in [-0.25, -0.2) is 0 Å². The third-order valence-electron chi connectivity index (χ3n) is 1.90. The van der Waals surface area contributed by atoms with Gasteiger partial charge in [0, 0.05) is 12.5 Å². The first-order chi connectivity index (χ1) is 7.58. The molecule has 0 aliphatic rings. The van der Waals surface area contributed by atoms with Gasteiger partial charge in [-0.1, -0.05) is 0 Å². The molecule has 1 aromatic rings. The van der Waals surface area contributed by atoms with E-state index in [2.05, 4.69) is 0 Å². The number of carbonyl (C=O) groups is 3. The predicted molar refractivity (Wildman–Crippen MR) is 56.5 cm³/mol. The van der Waals surface area contributed by atoms with E-state index in [1.165, 1.54) is 25.1 Å². The standard InChI is InChI=1S/C11H11NO4/c1-7(14)16-11-3-2-8(10(15)5-12)4-9(11)6-13/h2-4,6H,5,12H2,1H3. The lowest BCUT2D eigenvalue weighted by atomic mass is 10.1. The molecule has 0 saturated heterocycles. The molecular weight excluding hydrogens is 210 g/mol. The topological polar surface area (TPSA) is 86.5 Å². The largest absolute Gasteiger partial charge is 0.426 e. The van der Waals surface area contributed by atoms with Crippen LogP contribution in [0.4, 0.5) is 0 Å². The van der Waals surface area contributed by atoms with Crippen molar-refractivity contribution in [2.75, 3.05) is 6.54 Å². The summed E-state index contributed by atoms with van der Waals surface area (Å²) >= 11 is 0. The molecule has 1 aromatic carbocycles. The Bertz CT molecular complexity index is 440. The Morgan fingerprint density at radius 2 is 2.12 bits per heavy atom. The minimum Gasteiger partial charge on any atom is -0.426 e. The van der Waals surface area contributed by atoms with E-state index in [9.17, 15) is 14.4 Å². The van der Waals surface area contributed by atoms with E-state index in [1.807, 2.05) is 0 Å². The van der Waals surface area contributed by atoms with Crippen molar-refractivity contribution < 1.29 is 19.1 Å². The Morgan fingerprint density at radius 1 is 1.44 bits per heavy atom. The second-order valence-electron chi connectivity index (χ2n) is 3.09. The van der Waals surface area contributed by atoms with E-state index in [0.717, 1.165) is 0 Å². The van der Waals surface area contributed by atoms with Gasteiger partial charge < -0.3 is 10.5 Å². The van der Waals surface area contributed by atoms with E-state index in [4.69, 9.17) is 10.5 Å². The maximum Gasteiger partial charge on any atom is 0.308 e. The molecule has 2 N–H and O–H groups in total. The normalized spacial score (nSPS) is 9.62. The minimum absolute atomic E-state index is 0.134. The Hall–Kier alpha value is -2.01. The number of Topliss-reactive ketones (excluding diaryl/α,β-unsaturated/α-hetero) is 1. The first kappa shape index (κ1) is 12.1. The fourth-order valence-electron chi connectivity index (χ4n) is 1.18. The van der Waals surface area contributed by atoms with Crippen LogP contribution in [0.25, 0.3) is 0 Å². The number of ketones is 1. The number of hydrogen-bond donors (Lipinski definition) is 1. The third kappa shape index (κ3) is 2.74. The van der Waals surface area contributed by atoms with Crippen molar-refractivity contribution >= 4 is 18.0 Å². The lowest BCUT2D eigenvalue weighted by molar-refractivity contribution is -0.131. The number of ether oxygens (including phenoxy) is 1. The molecule has 0 heterocycles. The molecule has 0 radical (unpaired) electrons. The monoisotopic (exact) mass is 221 g/mol. The summed E-state index contributed by atoms with van der Waals surface area (Å²) in [5.41, 5.74) is 5.66. The van der Waals surface area contributed by atoms with Crippen LogP contribution in [0.2, 0.25) is 0 Å². The number of benzene rings is 1. The zero-order valence-electron chi connectivity index (χ0n) is 8.73. The molecule has 0 atom stereocenters. The Kier molecular flexibility index (Phi) is 3.90. The number of aldehydes is 1. The molecule has 84 valence electrons. The van der Waals surface area contributed by atoms with Crippen LogP contribution in [0, 0.1) is 0 Å². The fraction of sp³-hybridized carbons (Fsp3) is 0.182. The molecule has 0 bridgehead atoms. The van der Waals surface area contributed by atoms with Crippen LogP contribution in [0.15, 0.2) is 18.2 Å². The average molecular weight is 221 g/mol. The smallest absolute Gasteiger partial charge is 0.308 e. The molecule has 0 aliphatic heterocycles. The summed E-state index contributed by atoms with van der Waals surface area (Å²) < 4.78 is 4.79. The molecule has 0 amide bonds. The van der Waals surface area contributed by atoms with Gasteiger partial charge in [-0.05, 0) is 18.2 Å². The van der Waals surface area contributed by atoms with Crippen molar-refractivity contribution in [3.05, 3.63) is 29.3 Å². The van der Waals surface area contributed by atoms with Crippen molar-refractivity contribution in [2.45, 2.75) is 6.92 Å². The molecule has 0 unspecified atom stereocenters. The van der Waals surface area contributed by atoms with E-state index >= 15 is 0 Å². The van der Waals surface area contributed by atoms with Crippen molar-refractivity contribution in [1.82, 2.24) is 0 Å². The van der Waals surface area contributed by atoms with Gasteiger partial charge in [-0.3, -0.25) is 14.4 Å². The third-order valence-corrected chi connectivity index (χ3v) is 1.90. The van der Waals surface area contributed by atoms with E-state index in [-0.39, 0.29) is 23.6 Å². The molecule has 16 heavy (non-hydrogen) atoms. The lowest BCUT2D eigenvalue weighted by Gasteiger charge is -2.05. The molecule has 5 heteroatoms. The van der Waals surface area contributed by atoms with Gasteiger partial charge in [-0.2, -0.15) is 0 Å². The van der Waals surface area contributed by atoms with Crippen LogP contribution in [-0.4, -0.2) is 24.6 Å². The van der Waals surface area contributed by atoms with Crippen LogP contribution < -0.4 is 10.5 Å². The molecule has 0 aromatic heterocycles. The molecule has 0 aliphatic carbocycles. The summed E-state index contributed by atoms with van der Waals surface area (Å²) in [5, 5.41) is 0. The second kappa shape index (κ2) is 5.18.